The standard InChI is InChI=1S/C29H50O3/c1-16(22-12-18(22)3)6-7-17(2)27-25(31)14-24-21-9-8-19-13-20(30)10-11-28(19,4)23(21)15-26(32)29(24,27)5/h16-27,30-32H,6-15H2,1-5H3. The van der Waals surface area contributed by atoms with Crippen molar-refractivity contribution in [2.75, 3.05) is 0 Å². The lowest BCUT2D eigenvalue weighted by molar-refractivity contribution is -0.176. The average Bonchev–Trinajstić information content (AvgIpc) is 3.40. The van der Waals surface area contributed by atoms with Crippen LogP contribution in [0, 0.1) is 64.1 Å². The molecule has 0 amide bonds. The first-order valence-electron chi connectivity index (χ1n) is 14.1. The molecule has 0 aromatic rings. The molecule has 3 nitrogen and oxygen atoms in total. The molecule has 0 aromatic heterocycles. The highest BCUT2D eigenvalue weighted by Crippen LogP contribution is 2.68. The lowest BCUT2D eigenvalue weighted by Crippen LogP contribution is -2.59. The molecule has 14 unspecified atom stereocenters. The highest BCUT2D eigenvalue weighted by Gasteiger charge is 2.65. The van der Waals surface area contributed by atoms with E-state index >= 15 is 0 Å². The molecule has 5 aliphatic rings. The number of aliphatic hydroxyl groups is 3. The van der Waals surface area contributed by atoms with Gasteiger partial charge in [0.2, 0.25) is 0 Å². The van der Waals surface area contributed by atoms with E-state index in [1.807, 2.05) is 0 Å². The molecular formula is C29H50O3. The third-order valence-electron chi connectivity index (χ3n) is 12.4. The molecular weight excluding hydrogens is 396 g/mol. The SMILES string of the molecule is CC(CCC(C)C1C(O)CC2C3CCC4CC(O)CCC4(C)C3CC(O)C21C)C1CC1C. The molecule has 0 aromatic carbocycles. The van der Waals surface area contributed by atoms with E-state index in [-0.39, 0.29) is 35.1 Å². The minimum atomic E-state index is -0.304. The van der Waals surface area contributed by atoms with Crippen LogP contribution in [0.3, 0.4) is 0 Å². The second-order valence-electron chi connectivity index (χ2n) is 13.9. The van der Waals surface area contributed by atoms with Gasteiger partial charge in [-0.3, -0.25) is 0 Å². The molecule has 0 heterocycles. The normalized spacial score (nSPS) is 56.6. The number of fused-ring (bicyclic) bond motifs is 5. The summed E-state index contributed by atoms with van der Waals surface area (Å²) in [7, 11) is 0. The summed E-state index contributed by atoms with van der Waals surface area (Å²) in [4.78, 5) is 0. The minimum absolute atomic E-state index is 0.122. The summed E-state index contributed by atoms with van der Waals surface area (Å²) in [6.07, 6.45) is 10.4. The van der Waals surface area contributed by atoms with Crippen molar-refractivity contribution < 1.29 is 15.3 Å². The molecule has 14 atom stereocenters. The third-order valence-corrected chi connectivity index (χ3v) is 12.4. The van der Waals surface area contributed by atoms with Crippen molar-refractivity contribution in [1.29, 1.82) is 0 Å². The summed E-state index contributed by atoms with van der Waals surface area (Å²) in [6, 6.07) is 0. The van der Waals surface area contributed by atoms with Crippen LogP contribution in [-0.2, 0) is 0 Å². The van der Waals surface area contributed by atoms with Crippen LogP contribution >= 0.6 is 0 Å². The van der Waals surface area contributed by atoms with Crippen LogP contribution < -0.4 is 0 Å². The monoisotopic (exact) mass is 446 g/mol. The van der Waals surface area contributed by atoms with Gasteiger partial charge in [0, 0.05) is 5.41 Å². The molecule has 0 spiro atoms. The Labute approximate surface area is 196 Å². The van der Waals surface area contributed by atoms with E-state index in [4.69, 9.17) is 0 Å². The molecule has 5 fully saturated rings. The van der Waals surface area contributed by atoms with E-state index in [1.54, 1.807) is 0 Å². The number of hydrogen-bond acceptors (Lipinski definition) is 3. The third kappa shape index (κ3) is 3.54. The second-order valence-corrected chi connectivity index (χ2v) is 13.9. The number of hydrogen-bond donors (Lipinski definition) is 3. The predicted octanol–water partition coefficient (Wildman–Crippen LogP) is 5.66. The second kappa shape index (κ2) is 8.23. The summed E-state index contributed by atoms with van der Waals surface area (Å²) in [5, 5.41) is 33.4. The Morgan fingerprint density at radius 2 is 1.53 bits per heavy atom. The van der Waals surface area contributed by atoms with Crippen LogP contribution in [-0.4, -0.2) is 33.6 Å². The first-order valence-corrected chi connectivity index (χ1v) is 14.1. The van der Waals surface area contributed by atoms with Gasteiger partial charge < -0.3 is 15.3 Å². The van der Waals surface area contributed by atoms with Crippen molar-refractivity contribution in [3.63, 3.8) is 0 Å². The zero-order chi connectivity index (χ0) is 23.0. The van der Waals surface area contributed by atoms with Gasteiger partial charge in [0.05, 0.1) is 18.3 Å². The largest absolute Gasteiger partial charge is 0.393 e. The predicted molar refractivity (Wildman–Crippen MR) is 129 cm³/mol. The van der Waals surface area contributed by atoms with Crippen molar-refractivity contribution in [2.24, 2.45) is 64.1 Å². The zero-order valence-electron chi connectivity index (χ0n) is 21.3. The van der Waals surface area contributed by atoms with E-state index in [0.717, 1.165) is 49.9 Å². The van der Waals surface area contributed by atoms with Gasteiger partial charge >= 0.3 is 0 Å². The first kappa shape index (κ1) is 23.6. The highest BCUT2D eigenvalue weighted by atomic mass is 16.3. The Morgan fingerprint density at radius 3 is 2.22 bits per heavy atom. The van der Waals surface area contributed by atoms with Gasteiger partial charge in [0.15, 0.2) is 0 Å². The van der Waals surface area contributed by atoms with E-state index in [2.05, 4.69) is 34.6 Å². The lowest BCUT2D eigenvalue weighted by atomic mass is 9.43. The van der Waals surface area contributed by atoms with Gasteiger partial charge in [-0.05, 0) is 110 Å². The summed E-state index contributed by atoms with van der Waals surface area (Å²) in [6.45, 7) is 12.0. The van der Waals surface area contributed by atoms with Crippen molar-refractivity contribution in [2.45, 2.75) is 117 Å². The summed E-state index contributed by atoms with van der Waals surface area (Å²) in [5.74, 6) is 5.58. The molecule has 184 valence electrons. The zero-order valence-corrected chi connectivity index (χ0v) is 21.3. The Hall–Kier alpha value is -0.120. The molecule has 5 saturated carbocycles. The fourth-order valence-corrected chi connectivity index (χ4v) is 10.3. The van der Waals surface area contributed by atoms with E-state index in [1.165, 1.54) is 32.1 Å². The smallest absolute Gasteiger partial charge is 0.0603 e. The Kier molecular flexibility index (Phi) is 6.07. The maximum absolute atomic E-state index is 11.7. The lowest BCUT2D eigenvalue weighted by Gasteiger charge is -2.62. The molecule has 5 rings (SSSR count). The van der Waals surface area contributed by atoms with Crippen molar-refractivity contribution >= 4 is 0 Å². The molecule has 0 aliphatic heterocycles. The molecule has 3 N–H and O–H groups in total. The van der Waals surface area contributed by atoms with E-state index in [9.17, 15) is 15.3 Å². The Bertz CT molecular complexity index is 694. The quantitative estimate of drug-likeness (QED) is 0.511. The molecule has 3 heteroatoms. The first-order chi connectivity index (χ1) is 15.1. The van der Waals surface area contributed by atoms with Crippen LogP contribution in [0.5, 0.6) is 0 Å². The van der Waals surface area contributed by atoms with Gasteiger partial charge in [-0.25, -0.2) is 0 Å². The van der Waals surface area contributed by atoms with E-state index in [0.29, 0.717) is 29.6 Å². The summed E-state index contributed by atoms with van der Waals surface area (Å²) >= 11 is 0. The molecule has 0 radical (unpaired) electrons. The van der Waals surface area contributed by atoms with Crippen LogP contribution in [0.4, 0.5) is 0 Å². The van der Waals surface area contributed by atoms with Crippen LogP contribution in [0.1, 0.15) is 98.8 Å². The van der Waals surface area contributed by atoms with Gasteiger partial charge in [-0.15, -0.1) is 0 Å². The van der Waals surface area contributed by atoms with Gasteiger partial charge in [-0.1, -0.05) is 47.5 Å². The van der Waals surface area contributed by atoms with E-state index < -0.39 is 0 Å². The molecule has 32 heavy (non-hydrogen) atoms. The van der Waals surface area contributed by atoms with Crippen LogP contribution in [0.25, 0.3) is 0 Å². The molecule has 0 saturated heterocycles. The van der Waals surface area contributed by atoms with Gasteiger partial charge in [0.25, 0.3) is 0 Å². The maximum atomic E-state index is 11.7. The molecule has 5 aliphatic carbocycles. The summed E-state index contributed by atoms with van der Waals surface area (Å²) < 4.78 is 0. The number of rotatable bonds is 5. The number of aliphatic hydroxyl groups excluding tert-OH is 3. The minimum Gasteiger partial charge on any atom is -0.393 e. The molecule has 0 bridgehead atoms. The van der Waals surface area contributed by atoms with Crippen molar-refractivity contribution in [1.82, 2.24) is 0 Å². The summed E-state index contributed by atoms with van der Waals surface area (Å²) in [5.41, 5.74) is 0.114. The Morgan fingerprint density at radius 1 is 0.844 bits per heavy atom. The average molecular weight is 447 g/mol. The van der Waals surface area contributed by atoms with Crippen LogP contribution in [0.15, 0.2) is 0 Å². The van der Waals surface area contributed by atoms with Crippen molar-refractivity contribution in [3.8, 4) is 0 Å². The fourth-order valence-electron chi connectivity index (χ4n) is 10.3. The Balaban J connectivity index is 1.34. The fraction of sp³-hybridized carbons (Fsp3) is 1.00. The van der Waals surface area contributed by atoms with Crippen molar-refractivity contribution in [3.05, 3.63) is 0 Å². The maximum Gasteiger partial charge on any atom is 0.0603 e. The highest BCUT2D eigenvalue weighted by molar-refractivity contribution is 5.14. The van der Waals surface area contributed by atoms with Gasteiger partial charge in [-0.2, -0.15) is 0 Å². The van der Waals surface area contributed by atoms with Gasteiger partial charge in [0.1, 0.15) is 0 Å². The van der Waals surface area contributed by atoms with Crippen LogP contribution in [0.2, 0.25) is 0 Å². The topological polar surface area (TPSA) is 60.7 Å².